The van der Waals surface area contributed by atoms with Gasteiger partial charge in [-0.2, -0.15) is 11.2 Å². The average molecular weight is 139 g/mol. The van der Waals surface area contributed by atoms with Gasteiger partial charge in [0.2, 0.25) is 0 Å². The molecule has 0 aliphatic heterocycles. The van der Waals surface area contributed by atoms with Crippen molar-refractivity contribution < 1.29 is 13.2 Å². The zero-order chi connectivity index (χ0) is 5.86. The molecular weight excluding hydrogens is 136 g/mol. The maximum absolute atomic E-state index is 9.77. The second kappa shape index (κ2) is 2.92. The summed E-state index contributed by atoms with van der Waals surface area (Å²) in [6.45, 7) is 1.14. The summed E-state index contributed by atoms with van der Waals surface area (Å²) in [5.74, 6) is -0.617. The van der Waals surface area contributed by atoms with Crippen molar-refractivity contribution in [3.8, 4) is 0 Å². The molecule has 0 bridgehead atoms. The fraction of sp³-hybridized carbons (Fsp3) is 0.500. The van der Waals surface area contributed by atoms with Crippen LogP contribution < -0.4 is 0 Å². The molecule has 0 radical (unpaired) electrons. The molecule has 0 aliphatic carbocycles. The lowest BCUT2D eigenvalue weighted by atomic mass is 10.9. The minimum atomic E-state index is -1.86. The summed E-state index contributed by atoms with van der Waals surface area (Å²) in [6.07, 6.45) is 0. The maximum atomic E-state index is 9.77. The minimum absolute atomic E-state index is 0.617. The highest BCUT2D eigenvalue weighted by molar-refractivity contribution is 8.19. The largest absolute Gasteiger partial charge is 0.525 e. The zero-order valence-electron chi connectivity index (χ0n) is 3.54. The van der Waals surface area contributed by atoms with E-state index in [1.54, 1.807) is 0 Å². The van der Waals surface area contributed by atoms with Crippen molar-refractivity contribution in [2.75, 3.05) is 0 Å². The first-order chi connectivity index (χ1) is 3.13. The quantitative estimate of drug-likeness (QED) is 0.475. The Kier molecular flexibility index (Phi) is 2.86. The summed E-state index contributed by atoms with van der Waals surface area (Å²) < 4.78 is 13.6. The summed E-state index contributed by atoms with van der Waals surface area (Å²) in [6, 6.07) is 0. The van der Waals surface area contributed by atoms with Crippen LogP contribution in [-0.2, 0) is 34.0 Å². The van der Waals surface area contributed by atoms with Crippen LogP contribution >= 0.6 is 0 Å². The minimum Gasteiger partial charge on any atom is -0.525 e. The lowest BCUT2D eigenvalue weighted by Crippen LogP contribution is -1.92. The summed E-state index contributed by atoms with van der Waals surface area (Å²) in [5.41, 5.74) is 0. The topological polar surface area (TPSA) is 43.4 Å². The van der Waals surface area contributed by atoms with E-state index in [0.717, 1.165) is 6.92 Å². The van der Waals surface area contributed by atoms with Crippen LogP contribution in [0.4, 0.5) is 0 Å². The van der Waals surface area contributed by atoms with E-state index in [9.17, 15) is 9.00 Å². The first-order valence-electron chi connectivity index (χ1n) is 1.41. The van der Waals surface area contributed by atoms with Crippen LogP contribution in [0, 0.1) is 0 Å². The molecule has 0 aromatic carbocycles. The molecule has 5 heteroatoms. The van der Waals surface area contributed by atoms with Gasteiger partial charge in [0.15, 0.2) is 0 Å². The lowest BCUT2D eigenvalue weighted by molar-refractivity contribution is -0.130. The molecule has 0 rings (SSSR count). The number of rotatable bonds is 1. The zero-order valence-corrected chi connectivity index (χ0v) is 5.17. The first-order valence-corrected chi connectivity index (χ1v) is 3.41. The van der Waals surface area contributed by atoms with Crippen molar-refractivity contribution >= 4 is 26.8 Å². The first kappa shape index (κ1) is 6.84. The van der Waals surface area contributed by atoms with E-state index in [4.69, 9.17) is 0 Å². The standard InChI is InChI=1S/C2H3O3S2/c1-2(3)5-7(4)6/h1H3/q-1. The van der Waals surface area contributed by atoms with Crippen molar-refractivity contribution in [2.24, 2.45) is 0 Å². The molecule has 0 heterocycles. The molecule has 0 atom stereocenters. The summed E-state index contributed by atoms with van der Waals surface area (Å²) in [5, 5.41) is 0. The van der Waals surface area contributed by atoms with Gasteiger partial charge >= 0.3 is 0 Å². The molecule has 7 heavy (non-hydrogen) atoms. The Morgan fingerprint density at radius 1 is 1.86 bits per heavy atom. The van der Waals surface area contributed by atoms with Crippen LogP contribution in [0.15, 0.2) is 0 Å². The Hall–Kier alpha value is -0.160. The summed E-state index contributed by atoms with van der Waals surface area (Å²) >= 11 is 3.98. The number of hydrogen-bond donors (Lipinski definition) is 0. The van der Waals surface area contributed by atoms with Crippen LogP contribution in [0.3, 0.4) is 0 Å². The van der Waals surface area contributed by atoms with E-state index in [1.807, 2.05) is 0 Å². The molecule has 0 saturated carbocycles. The monoisotopic (exact) mass is 139 g/mol. The Bertz CT molecular complexity index is 128. The van der Waals surface area contributed by atoms with Crippen molar-refractivity contribution in [3.05, 3.63) is 0 Å². The molecule has 0 aromatic heterocycles. The average Bonchev–Trinajstić information content (AvgIpc) is 1.27. The van der Waals surface area contributed by atoms with Crippen molar-refractivity contribution in [1.29, 1.82) is 0 Å². The van der Waals surface area contributed by atoms with Gasteiger partial charge in [-0.05, 0) is 9.64 Å². The Labute approximate surface area is 47.6 Å². The number of hydrogen-bond acceptors (Lipinski definition) is 5. The van der Waals surface area contributed by atoms with E-state index in [1.165, 1.54) is 0 Å². The van der Waals surface area contributed by atoms with Crippen LogP contribution in [0.1, 0.15) is 6.92 Å². The van der Waals surface area contributed by atoms with Crippen LogP contribution in [-0.4, -0.2) is 5.97 Å². The Balaban J connectivity index is 3.53. The molecule has 0 spiro atoms. The van der Waals surface area contributed by atoms with E-state index in [-0.39, 0.29) is 0 Å². The molecule has 0 aromatic rings. The SMILES string of the molecule is CC(=O)O[S-](=O)=S. The third kappa shape index (κ3) is 5.84. The molecule has 0 amide bonds. The summed E-state index contributed by atoms with van der Waals surface area (Å²) in [7, 11) is -1.86. The van der Waals surface area contributed by atoms with Gasteiger partial charge in [0.1, 0.15) is 0 Å². The van der Waals surface area contributed by atoms with Crippen molar-refractivity contribution in [3.63, 3.8) is 0 Å². The lowest BCUT2D eigenvalue weighted by Gasteiger charge is -1.96. The molecule has 0 aliphatic rings. The van der Waals surface area contributed by atoms with Crippen LogP contribution in [0.5, 0.6) is 0 Å². The highest BCUT2D eigenvalue weighted by Crippen LogP contribution is 1.72. The molecule has 0 unspecified atom stereocenters. The van der Waals surface area contributed by atoms with Crippen LogP contribution in [0.2, 0.25) is 0 Å². The van der Waals surface area contributed by atoms with Crippen molar-refractivity contribution in [1.82, 2.24) is 0 Å². The second-order valence-corrected chi connectivity index (χ2v) is 2.17. The van der Waals surface area contributed by atoms with Gasteiger partial charge in [0.25, 0.3) is 5.97 Å². The second-order valence-electron chi connectivity index (χ2n) is 0.779. The molecule has 0 fully saturated rings. The van der Waals surface area contributed by atoms with Gasteiger partial charge in [0.05, 0.1) is 0 Å². The van der Waals surface area contributed by atoms with E-state index < -0.39 is 15.6 Å². The Morgan fingerprint density at radius 3 is 2.29 bits per heavy atom. The molecule has 0 saturated heterocycles. The van der Waals surface area contributed by atoms with Crippen molar-refractivity contribution in [2.45, 2.75) is 6.92 Å². The fourth-order valence-corrected chi connectivity index (χ4v) is 0.575. The fourth-order valence-electron chi connectivity index (χ4n) is 0.0958. The van der Waals surface area contributed by atoms with Gasteiger partial charge in [-0.3, -0.25) is 4.79 Å². The third-order valence-electron chi connectivity index (χ3n) is 0.185. The van der Waals surface area contributed by atoms with Gasteiger partial charge in [-0.25, -0.2) is 0 Å². The predicted molar refractivity (Wildman–Crippen MR) is 27.2 cm³/mol. The molecule has 3 nitrogen and oxygen atoms in total. The molecular formula is C2H3O3S2-. The maximum Gasteiger partial charge on any atom is 0.286 e. The molecule has 42 valence electrons. The van der Waals surface area contributed by atoms with Gasteiger partial charge < -0.3 is 8.39 Å². The number of carbonyl (C=O) groups excluding carboxylic acids is 1. The van der Waals surface area contributed by atoms with Gasteiger partial charge in [-0.15, -0.1) is 0 Å². The van der Waals surface area contributed by atoms with E-state index in [0.29, 0.717) is 0 Å². The third-order valence-corrected chi connectivity index (χ3v) is 0.760. The summed E-state index contributed by atoms with van der Waals surface area (Å²) in [4.78, 5) is 9.77. The highest BCUT2D eigenvalue weighted by Gasteiger charge is 1.77. The van der Waals surface area contributed by atoms with E-state index >= 15 is 0 Å². The molecule has 0 N–H and O–H groups in total. The number of carbonyl (C=O) groups is 1. The van der Waals surface area contributed by atoms with Gasteiger partial charge in [0, 0.05) is 6.92 Å². The smallest absolute Gasteiger partial charge is 0.286 e. The van der Waals surface area contributed by atoms with Gasteiger partial charge in [-0.1, -0.05) is 0 Å². The van der Waals surface area contributed by atoms with Crippen LogP contribution in [0.25, 0.3) is 0 Å². The predicted octanol–water partition coefficient (Wildman–Crippen LogP) is -0.110. The highest BCUT2D eigenvalue weighted by atomic mass is 32.8. The van der Waals surface area contributed by atoms with E-state index in [2.05, 4.69) is 15.4 Å². The Morgan fingerprint density at radius 2 is 2.29 bits per heavy atom. The normalized spacial score (nSPS) is 8.86.